The van der Waals surface area contributed by atoms with Crippen molar-refractivity contribution in [2.45, 2.75) is 89.6 Å². The molecule has 2 bridgehead atoms. The molecule has 45 heavy (non-hydrogen) atoms. The fourth-order valence-corrected chi connectivity index (χ4v) is 7.10. The number of ether oxygens (including phenoxy) is 2. The van der Waals surface area contributed by atoms with Gasteiger partial charge in [0, 0.05) is 49.4 Å². The first kappa shape index (κ1) is 32.5. The minimum absolute atomic E-state index is 0.0182. The van der Waals surface area contributed by atoms with E-state index in [2.05, 4.69) is 36.0 Å². The number of rotatable bonds is 6. The number of phenolic OH excluding ortho intramolecular Hbond substituents is 2. The number of carbonyl (C=O) groups excluding carboxylic acids is 1. The van der Waals surface area contributed by atoms with Crippen LogP contribution < -0.4 is 20.5 Å². The molecular weight excluding hydrogens is 570 g/mol. The monoisotopic (exact) mass is 617 g/mol. The lowest BCUT2D eigenvalue weighted by Gasteiger charge is -2.36. The first-order valence-corrected chi connectivity index (χ1v) is 16.3. The lowest BCUT2D eigenvalue weighted by atomic mass is 9.76. The molecule has 1 aliphatic heterocycles. The van der Waals surface area contributed by atoms with E-state index in [1.54, 1.807) is 12.1 Å². The lowest BCUT2D eigenvalue weighted by Crippen LogP contribution is -2.36. The highest BCUT2D eigenvalue weighted by molar-refractivity contribution is 5.79. The molecule has 0 unspecified atom stereocenters. The molecule has 0 saturated heterocycles. The lowest BCUT2D eigenvalue weighted by molar-refractivity contribution is -0.121. The molecule has 3 aliphatic rings. The second-order valence-corrected chi connectivity index (χ2v) is 13.1. The Labute approximate surface area is 266 Å². The molecule has 0 amide bonds. The van der Waals surface area contributed by atoms with Crippen LogP contribution in [0.15, 0.2) is 23.2 Å². The first-order valence-electron chi connectivity index (χ1n) is 16.3. The third kappa shape index (κ3) is 7.50. The Balaban J connectivity index is 1.50. The Morgan fingerprint density at radius 2 is 2.04 bits per heavy atom. The molecule has 2 aromatic carbocycles. The van der Waals surface area contributed by atoms with Crippen LogP contribution in [0.1, 0.15) is 98.4 Å². The Bertz CT molecular complexity index is 1490. The van der Waals surface area contributed by atoms with Gasteiger partial charge in [-0.1, -0.05) is 44.2 Å². The number of nitrogens with zero attached hydrogens (tertiary/aromatic N) is 1. The Kier molecular flexibility index (Phi) is 10.4. The number of aryl methyl sites for hydroxylation is 1. The number of aliphatic hydroxyl groups is 1. The van der Waals surface area contributed by atoms with Gasteiger partial charge in [-0.3, -0.25) is 9.79 Å². The van der Waals surface area contributed by atoms with Gasteiger partial charge in [-0.2, -0.15) is 0 Å². The van der Waals surface area contributed by atoms with Crippen molar-refractivity contribution in [2.24, 2.45) is 22.6 Å². The molecule has 1 heterocycles. The molecule has 242 valence electrons. The first-order chi connectivity index (χ1) is 21.7. The number of aromatic hydroxyl groups is 2. The zero-order valence-corrected chi connectivity index (χ0v) is 26.7. The average molecular weight is 618 g/mol. The SMILES string of the molecule is COc1c(O)ccc2c1C#CCc1cc3c4c(c1O)OC[C@H](CCNC(N)=NCC(C)C)[C@H]4CCC[C@H]3C[C@@H](O)CC(=O)CC2. The molecule has 9 heteroatoms. The van der Waals surface area contributed by atoms with Crippen LogP contribution >= 0.6 is 0 Å². The summed E-state index contributed by atoms with van der Waals surface area (Å²) in [6, 6.07) is 5.35. The number of aliphatic hydroxyl groups excluding tert-OH is 1. The predicted octanol–water partition coefficient (Wildman–Crippen LogP) is 4.67. The summed E-state index contributed by atoms with van der Waals surface area (Å²) in [6.45, 7) is 6.04. The summed E-state index contributed by atoms with van der Waals surface area (Å²) in [5.41, 5.74) is 10.2. The van der Waals surface area contributed by atoms with Crippen LogP contribution in [0.3, 0.4) is 0 Å². The van der Waals surface area contributed by atoms with Crippen LogP contribution in [-0.4, -0.2) is 60.0 Å². The Morgan fingerprint density at radius 1 is 1.22 bits per heavy atom. The van der Waals surface area contributed by atoms with E-state index in [-0.39, 0.29) is 60.0 Å². The second kappa shape index (κ2) is 14.5. The summed E-state index contributed by atoms with van der Waals surface area (Å²) in [4.78, 5) is 17.4. The van der Waals surface area contributed by atoms with Gasteiger partial charge in [0.05, 0.1) is 25.4 Å². The number of Topliss-reactive ketones (excluding diaryl/α,β-unsaturated/α-hetero) is 1. The van der Waals surface area contributed by atoms with Crippen molar-refractivity contribution in [1.29, 1.82) is 0 Å². The summed E-state index contributed by atoms with van der Waals surface area (Å²) in [5.74, 6) is 8.53. The third-order valence-electron chi connectivity index (χ3n) is 9.35. The number of hydrogen-bond donors (Lipinski definition) is 5. The molecule has 0 radical (unpaired) electrons. The minimum atomic E-state index is -0.778. The second-order valence-electron chi connectivity index (χ2n) is 13.1. The molecule has 0 saturated carbocycles. The van der Waals surface area contributed by atoms with E-state index < -0.39 is 6.10 Å². The van der Waals surface area contributed by atoms with E-state index in [4.69, 9.17) is 15.2 Å². The molecule has 6 N–H and O–H groups in total. The number of carbonyl (C=O) groups is 1. The fraction of sp³-hybridized carbons (Fsp3) is 0.556. The zero-order chi connectivity index (χ0) is 32.1. The van der Waals surface area contributed by atoms with Gasteiger partial charge < -0.3 is 35.8 Å². The predicted molar refractivity (Wildman–Crippen MR) is 174 cm³/mol. The van der Waals surface area contributed by atoms with E-state index in [1.165, 1.54) is 7.11 Å². The number of phenols is 2. The largest absolute Gasteiger partial charge is 0.504 e. The topological polar surface area (TPSA) is 147 Å². The molecular formula is C36H47N3O6. The molecule has 0 spiro atoms. The van der Waals surface area contributed by atoms with E-state index in [0.717, 1.165) is 42.4 Å². The standard InChI is InChI=1S/C36H47N3O6/c1-21(2)19-39-36(37)38-15-14-25-20-45-35-32-28(25)8-4-6-23-16-27(41)18-26(40)12-10-22-11-13-31(42)34(44-3)29(22)9-5-7-24(33(35)43)17-30(23)32/h11,13,17,21,23,25,27-28,41-43H,4,6-8,10,12,14-16,18-20H2,1-3H3,(H3,37,38,39)/t23-,25-,27+,28+/m0/s1. The highest BCUT2D eigenvalue weighted by Crippen LogP contribution is 2.53. The van der Waals surface area contributed by atoms with Crippen molar-refractivity contribution in [3.63, 3.8) is 0 Å². The molecule has 0 aromatic heterocycles. The number of aliphatic imine (C=N–C) groups is 1. The summed E-state index contributed by atoms with van der Waals surface area (Å²) >= 11 is 0. The van der Waals surface area contributed by atoms with Crippen molar-refractivity contribution in [3.8, 4) is 34.8 Å². The van der Waals surface area contributed by atoms with E-state index in [0.29, 0.717) is 61.3 Å². The molecule has 2 aromatic rings. The van der Waals surface area contributed by atoms with Crippen LogP contribution in [0.2, 0.25) is 0 Å². The maximum Gasteiger partial charge on any atom is 0.188 e. The van der Waals surface area contributed by atoms with Crippen LogP contribution in [-0.2, 0) is 17.6 Å². The number of guanidine groups is 1. The number of fused-ring (bicyclic) bond motifs is 2. The van der Waals surface area contributed by atoms with Gasteiger partial charge in [-0.25, -0.2) is 0 Å². The molecule has 5 rings (SSSR count). The summed E-state index contributed by atoms with van der Waals surface area (Å²) in [6.07, 6.45) is 4.35. The van der Waals surface area contributed by atoms with Gasteiger partial charge in [0.15, 0.2) is 29.0 Å². The van der Waals surface area contributed by atoms with Gasteiger partial charge in [0.1, 0.15) is 5.78 Å². The maximum atomic E-state index is 13.0. The molecule has 2 aliphatic carbocycles. The van der Waals surface area contributed by atoms with E-state index in [1.807, 2.05) is 6.07 Å². The number of nitrogens with one attached hydrogen (secondary N) is 1. The number of benzene rings is 2. The Hall–Kier alpha value is -3.90. The smallest absolute Gasteiger partial charge is 0.188 e. The number of methoxy groups -OCH3 is 1. The molecule has 9 nitrogen and oxygen atoms in total. The molecule has 0 fully saturated rings. The highest BCUT2D eigenvalue weighted by Gasteiger charge is 2.39. The van der Waals surface area contributed by atoms with Crippen LogP contribution in [0.25, 0.3) is 0 Å². The van der Waals surface area contributed by atoms with Crippen LogP contribution in [0.5, 0.6) is 23.0 Å². The average Bonchev–Trinajstić information content (AvgIpc) is 3.18. The zero-order valence-electron chi connectivity index (χ0n) is 26.7. The quantitative estimate of drug-likeness (QED) is 0.179. The number of hydrogen-bond acceptors (Lipinski definition) is 7. The number of nitrogens with two attached hydrogens (primary N) is 1. The summed E-state index contributed by atoms with van der Waals surface area (Å²) in [5, 5.41) is 36.3. The van der Waals surface area contributed by atoms with Gasteiger partial charge in [-0.05, 0) is 67.1 Å². The molecule has 4 atom stereocenters. The van der Waals surface area contributed by atoms with Gasteiger partial charge in [-0.15, -0.1) is 0 Å². The van der Waals surface area contributed by atoms with Crippen LogP contribution in [0, 0.1) is 23.7 Å². The maximum absolute atomic E-state index is 13.0. The van der Waals surface area contributed by atoms with Crippen LogP contribution in [0.4, 0.5) is 0 Å². The normalized spacial score (nSPS) is 23.4. The van der Waals surface area contributed by atoms with Gasteiger partial charge >= 0.3 is 0 Å². The van der Waals surface area contributed by atoms with Gasteiger partial charge in [0.2, 0.25) is 0 Å². The van der Waals surface area contributed by atoms with E-state index in [9.17, 15) is 20.1 Å². The highest BCUT2D eigenvalue weighted by atomic mass is 16.5. The third-order valence-corrected chi connectivity index (χ3v) is 9.35. The van der Waals surface area contributed by atoms with Crippen molar-refractivity contribution in [3.05, 3.63) is 46.0 Å². The Morgan fingerprint density at radius 3 is 2.82 bits per heavy atom. The van der Waals surface area contributed by atoms with Crippen molar-refractivity contribution < 1.29 is 29.6 Å². The number of ketones is 1. The summed E-state index contributed by atoms with van der Waals surface area (Å²) in [7, 11) is 1.48. The van der Waals surface area contributed by atoms with Crippen molar-refractivity contribution in [1.82, 2.24) is 5.32 Å². The van der Waals surface area contributed by atoms with Crippen molar-refractivity contribution in [2.75, 3.05) is 26.8 Å². The minimum Gasteiger partial charge on any atom is -0.504 e. The van der Waals surface area contributed by atoms with Gasteiger partial charge in [0.25, 0.3) is 0 Å². The van der Waals surface area contributed by atoms with E-state index >= 15 is 0 Å². The fourth-order valence-electron chi connectivity index (χ4n) is 7.10. The summed E-state index contributed by atoms with van der Waals surface area (Å²) < 4.78 is 11.8. The van der Waals surface area contributed by atoms with Crippen molar-refractivity contribution >= 4 is 11.7 Å².